The van der Waals surface area contributed by atoms with E-state index in [1.807, 2.05) is 0 Å². The first-order valence-corrected chi connectivity index (χ1v) is 7.73. The van der Waals surface area contributed by atoms with Crippen molar-refractivity contribution in [2.75, 3.05) is 0 Å². The van der Waals surface area contributed by atoms with Crippen LogP contribution in [0.4, 0.5) is 22.0 Å². The number of Topliss-reactive ketones (excluding diaryl/α,β-unsaturated/α-hetero) is 1. The van der Waals surface area contributed by atoms with Gasteiger partial charge >= 0.3 is 12.1 Å². The Kier molecular flexibility index (Phi) is 5.42. The Labute approximate surface area is 148 Å². The predicted molar refractivity (Wildman–Crippen MR) is 89.2 cm³/mol. The lowest BCUT2D eigenvalue weighted by molar-refractivity contribution is -0.137. The van der Waals surface area contributed by atoms with E-state index >= 15 is 0 Å². The highest BCUT2D eigenvalue weighted by Gasteiger charge is 2.37. The minimum absolute atomic E-state index is 0.0180. The first-order valence-electron chi connectivity index (χ1n) is 6.65. The van der Waals surface area contributed by atoms with Crippen LogP contribution in [0.5, 0.6) is 0 Å². The number of rotatable bonds is 4. The highest BCUT2D eigenvalue weighted by molar-refractivity contribution is 14.1. The molecular formula is C17H10F5IO. The molecule has 7 heteroatoms. The van der Waals surface area contributed by atoms with Gasteiger partial charge in [-0.05, 0) is 40.3 Å². The van der Waals surface area contributed by atoms with Crippen LogP contribution in [0.1, 0.15) is 21.5 Å². The molecule has 1 nitrogen and oxygen atoms in total. The predicted octanol–water partition coefficient (Wildman–Crippen LogP) is 6.00. The summed E-state index contributed by atoms with van der Waals surface area (Å²) in [5, 5.41) is 0. The lowest BCUT2D eigenvalue weighted by Gasteiger charge is -2.12. The van der Waals surface area contributed by atoms with Gasteiger partial charge in [-0.25, -0.2) is 0 Å². The van der Waals surface area contributed by atoms with Crippen LogP contribution in [0.15, 0.2) is 60.7 Å². The second kappa shape index (κ2) is 7.00. The lowest BCUT2D eigenvalue weighted by Crippen LogP contribution is -2.26. The second-order valence-electron chi connectivity index (χ2n) is 4.89. The van der Waals surface area contributed by atoms with Crippen LogP contribution in [0, 0.1) is 0 Å². The number of carbonyl (C=O) groups is 1. The van der Waals surface area contributed by atoms with Crippen LogP contribution >= 0.6 is 22.6 Å². The van der Waals surface area contributed by atoms with Gasteiger partial charge in [0.25, 0.3) is 0 Å². The van der Waals surface area contributed by atoms with Gasteiger partial charge in [-0.1, -0.05) is 42.5 Å². The number of benzene rings is 2. The van der Waals surface area contributed by atoms with Crippen molar-refractivity contribution in [3.05, 3.63) is 77.4 Å². The number of ketones is 1. The molecule has 0 unspecified atom stereocenters. The molecule has 0 heterocycles. The summed E-state index contributed by atoms with van der Waals surface area (Å²) in [6.07, 6.45) is -4.05. The van der Waals surface area contributed by atoms with Crippen molar-refractivity contribution >= 4 is 32.0 Å². The molecule has 0 radical (unpaired) electrons. The average molecular weight is 452 g/mol. The van der Waals surface area contributed by atoms with E-state index in [4.69, 9.17) is 0 Å². The second-order valence-corrected chi connectivity index (χ2v) is 6.05. The topological polar surface area (TPSA) is 17.1 Å². The largest absolute Gasteiger partial charge is 0.416 e. The number of hydrogen-bond acceptors (Lipinski definition) is 1. The number of hydrogen-bond donors (Lipinski definition) is 0. The molecule has 0 aliphatic heterocycles. The third-order valence-electron chi connectivity index (χ3n) is 3.13. The lowest BCUT2D eigenvalue weighted by atomic mass is 10.0. The molecule has 24 heavy (non-hydrogen) atoms. The summed E-state index contributed by atoms with van der Waals surface area (Å²) in [4.78, 5) is 11.9. The molecule has 126 valence electrons. The third-order valence-corrected chi connectivity index (χ3v) is 4.07. The van der Waals surface area contributed by atoms with E-state index in [9.17, 15) is 26.7 Å². The zero-order valence-corrected chi connectivity index (χ0v) is 14.1. The number of allylic oxidation sites excluding steroid dienone is 1. The third kappa shape index (κ3) is 4.40. The summed E-state index contributed by atoms with van der Waals surface area (Å²) >= 11 is 1.57. The van der Waals surface area contributed by atoms with E-state index in [1.165, 1.54) is 24.3 Å². The molecule has 0 saturated heterocycles. The van der Waals surface area contributed by atoms with Gasteiger partial charge in [-0.15, -0.1) is 0 Å². The molecular weight excluding hydrogens is 442 g/mol. The average Bonchev–Trinajstić information content (AvgIpc) is 2.54. The fourth-order valence-corrected chi connectivity index (χ4v) is 2.66. The smallest absolute Gasteiger partial charge is 0.287 e. The van der Waals surface area contributed by atoms with Gasteiger partial charge in [0.1, 0.15) is 0 Å². The van der Waals surface area contributed by atoms with Crippen LogP contribution in [-0.2, 0) is 6.18 Å². The quantitative estimate of drug-likeness (QED) is 0.316. The van der Waals surface area contributed by atoms with E-state index in [1.54, 1.807) is 28.7 Å². The van der Waals surface area contributed by atoms with Gasteiger partial charge in [0.05, 0.1) is 5.56 Å². The summed E-state index contributed by atoms with van der Waals surface area (Å²) in [5.74, 6) is -5.13. The van der Waals surface area contributed by atoms with Crippen molar-refractivity contribution in [1.29, 1.82) is 0 Å². The SMILES string of the molecule is O=C(c1ccccc1)C(F)(F)/C=C(/I)c1ccc(C(F)(F)F)cc1. The van der Waals surface area contributed by atoms with Crippen LogP contribution in [-0.4, -0.2) is 11.7 Å². The first-order chi connectivity index (χ1) is 11.1. The van der Waals surface area contributed by atoms with Gasteiger partial charge in [-0.2, -0.15) is 22.0 Å². The molecule has 2 aromatic carbocycles. The fraction of sp³-hybridized carbons (Fsp3) is 0.118. The van der Waals surface area contributed by atoms with Crippen LogP contribution in [0.2, 0.25) is 0 Å². The van der Waals surface area contributed by atoms with Crippen LogP contribution in [0.25, 0.3) is 3.58 Å². The molecule has 2 rings (SSSR count). The zero-order chi connectivity index (χ0) is 18.0. The molecule has 0 amide bonds. The normalized spacial score (nSPS) is 13.0. The van der Waals surface area contributed by atoms with Crippen LogP contribution < -0.4 is 0 Å². The van der Waals surface area contributed by atoms with Gasteiger partial charge < -0.3 is 0 Å². The van der Waals surface area contributed by atoms with Crippen molar-refractivity contribution in [1.82, 2.24) is 0 Å². The highest BCUT2D eigenvalue weighted by Crippen LogP contribution is 2.33. The molecule has 0 bridgehead atoms. The monoisotopic (exact) mass is 452 g/mol. The summed E-state index contributed by atoms with van der Waals surface area (Å²) in [6.45, 7) is 0. The first kappa shape index (κ1) is 18.6. The Morgan fingerprint density at radius 2 is 1.38 bits per heavy atom. The van der Waals surface area contributed by atoms with Crippen molar-refractivity contribution in [2.45, 2.75) is 12.1 Å². The van der Waals surface area contributed by atoms with E-state index in [0.717, 1.165) is 24.3 Å². The van der Waals surface area contributed by atoms with E-state index in [0.29, 0.717) is 6.08 Å². The van der Waals surface area contributed by atoms with Crippen molar-refractivity contribution < 1.29 is 26.7 Å². The van der Waals surface area contributed by atoms with E-state index in [-0.39, 0.29) is 14.7 Å². The molecule has 2 aromatic rings. The maximum atomic E-state index is 14.1. The Hall–Kier alpha value is -1.77. The minimum atomic E-state index is -4.50. The number of halogens is 6. The molecule has 0 fully saturated rings. The number of alkyl halides is 5. The molecule has 0 spiro atoms. The molecule has 0 aliphatic rings. The molecule has 0 aromatic heterocycles. The van der Waals surface area contributed by atoms with Crippen molar-refractivity contribution in [2.24, 2.45) is 0 Å². The van der Waals surface area contributed by atoms with Gasteiger partial charge in [-0.3, -0.25) is 4.79 Å². The Morgan fingerprint density at radius 3 is 1.88 bits per heavy atom. The highest BCUT2D eigenvalue weighted by atomic mass is 127. The molecule has 0 aliphatic carbocycles. The summed E-state index contributed by atoms with van der Waals surface area (Å²) in [7, 11) is 0. The zero-order valence-electron chi connectivity index (χ0n) is 11.9. The van der Waals surface area contributed by atoms with Gasteiger partial charge in [0.15, 0.2) is 0 Å². The summed E-state index contributed by atoms with van der Waals surface area (Å²) < 4.78 is 65.7. The maximum absolute atomic E-state index is 14.1. The van der Waals surface area contributed by atoms with Gasteiger partial charge in [0.2, 0.25) is 5.78 Å². The summed E-state index contributed by atoms with van der Waals surface area (Å²) in [6, 6.07) is 10.9. The van der Waals surface area contributed by atoms with E-state index < -0.39 is 23.4 Å². The summed E-state index contributed by atoms with van der Waals surface area (Å²) in [5.41, 5.74) is -0.845. The van der Waals surface area contributed by atoms with Crippen LogP contribution in [0.3, 0.4) is 0 Å². The number of carbonyl (C=O) groups excluding carboxylic acids is 1. The molecule has 0 atom stereocenters. The van der Waals surface area contributed by atoms with Crippen molar-refractivity contribution in [3.63, 3.8) is 0 Å². The van der Waals surface area contributed by atoms with E-state index in [2.05, 4.69) is 0 Å². The maximum Gasteiger partial charge on any atom is 0.416 e. The van der Waals surface area contributed by atoms with Gasteiger partial charge in [0, 0.05) is 15.2 Å². The Morgan fingerprint density at radius 1 is 0.833 bits per heavy atom. The fourth-order valence-electron chi connectivity index (χ4n) is 1.91. The molecule has 0 saturated carbocycles. The van der Waals surface area contributed by atoms with Crippen molar-refractivity contribution in [3.8, 4) is 0 Å². The molecule has 0 N–H and O–H groups in total. The minimum Gasteiger partial charge on any atom is -0.287 e. The standard InChI is InChI=1S/C17H10F5IO/c18-16(19,15(24)12-4-2-1-3-5-12)10-14(23)11-6-8-13(9-7-11)17(20,21)22/h1-10H/b14-10+. The Balaban J connectivity index is 2.27. The Bertz CT molecular complexity index is 749.